The van der Waals surface area contributed by atoms with Gasteiger partial charge in [0.25, 0.3) is 0 Å². The van der Waals surface area contributed by atoms with Gasteiger partial charge in [0, 0.05) is 28.9 Å². The SMILES string of the molecule is COC(=O)CCCN1C(=S)NC(c2ccccn2)C1c1ccc(C)s1. The first-order valence-corrected chi connectivity index (χ1v) is 9.44. The molecule has 3 heterocycles. The highest BCUT2D eigenvalue weighted by molar-refractivity contribution is 7.80. The first-order chi connectivity index (χ1) is 12.1. The lowest BCUT2D eigenvalue weighted by atomic mass is 10.0. The summed E-state index contributed by atoms with van der Waals surface area (Å²) in [6.07, 6.45) is 2.89. The van der Waals surface area contributed by atoms with Crippen molar-refractivity contribution in [3.63, 3.8) is 0 Å². The fraction of sp³-hybridized carbons (Fsp3) is 0.389. The molecule has 3 rings (SSSR count). The van der Waals surface area contributed by atoms with Crippen LogP contribution in [0, 0.1) is 6.92 Å². The van der Waals surface area contributed by atoms with Gasteiger partial charge in [-0.3, -0.25) is 9.78 Å². The number of carbonyl (C=O) groups excluding carboxylic acids is 1. The largest absolute Gasteiger partial charge is 0.469 e. The van der Waals surface area contributed by atoms with Crippen molar-refractivity contribution < 1.29 is 9.53 Å². The summed E-state index contributed by atoms with van der Waals surface area (Å²) in [6.45, 7) is 2.80. The van der Waals surface area contributed by atoms with Gasteiger partial charge in [0.1, 0.15) is 0 Å². The Hall–Kier alpha value is -1.99. The van der Waals surface area contributed by atoms with Crippen LogP contribution in [0.1, 0.15) is 40.4 Å². The Balaban J connectivity index is 1.85. The van der Waals surface area contributed by atoms with Crippen molar-refractivity contribution in [3.05, 3.63) is 52.0 Å². The van der Waals surface area contributed by atoms with Crippen LogP contribution in [-0.4, -0.2) is 34.6 Å². The van der Waals surface area contributed by atoms with Crippen LogP contribution in [0.15, 0.2) is 36.5 Å². The van der Waals surface area contributed by atoms with Gasteiger partial charge in [-0.25, -0.2) is 0 Å². The molecule has 25 heavy (non-hydrogen) atoms. The predicted molar refractivity (Wildman–Crippen MR) is 102 cm³/mol. The average molecular weight is 376 g/mol. The van der Waals surface area contributed by atoms with Gasteiger partial charge in [-0.05, 0) is 49.8 Å². The molecule has 0 bridgehead atoms. The summed E-state index contributed by atoms with van der Waals surface area (Å²) in [7, 11) is 1.42. The number of thiocarbonyl (C=S) groups is 1. The molecule has 1 fully saturated rings. The van der Waals surface area contributed by atoms with E-state index in [0.29, 0.717) is 24.5 Å². The maximum absolute atomic E-state index is 11.4. The van der Waals surface area contributed by atoms with Crippen LogP contribution in [0.4, 0.5) is 0 Å². The number of nitrogens with zero attached hydrogens (tertiary/aromatic N) is 2. The zero-order valence-corrected chi connectivity index (χ0v) is 15.9. The van der Waals surface area contributed by atoms with Gasteiger partial charge >= 0.3 is 5.97 Å². The van der Waals surface area contributed by atoms with Crippen molar-refractivity contribution in [3.8, 4) is 0 Å². The van der Waals surface area contributed by atoms with Crippen molar-refractivity contribution in [2.75, 3.05) is 13.7 Å². The fourth-order valence-corrected chi connectivity index (χ4v) is 4.42. The normalized spacial score (nSPS) is 19.8. The number of methoxy groups -OCH3 is 1. The van der Waals surface area contributed by atoms with Gasteiger partial charge in [0.2, 0.25) is 0 Å². The molecule has 2 unspecified atom stereocenters. The highest BCUT2D eigenvalue weighted by Crippen LogP contribution is 2.41. The summed E-state index contributed by atoms with van der Waals surface area (Å²) in [4.78, 5) is 20.6. The Labute approximate surface area is 157 Å². The third-order valence-electron chi connectivity index (χ3n) is 4.26. The number of rotatable bonds is 6. The molecule has 2 aromatic heterocycles. The highest BCUT2D eigenvalue weighted by Gasteiger charge is 2.40. The van der Waals surface area contributed by atoms with E-state index < -0.39 is 0 Å². The number of thiophene rings is 1. The van der Waals surface area contributed by atoms with Crippen molar-refractivity contribution >= 4 is 34.6 Å². The third kappa shape index (κ3) is 3.99. The van der Waals surface area contributed by atoms with Crippen LogP contribution in [0.5, 0.6) is 0 Å². The molecular weight excluding hydrogens is 354 g/mol. The summed E-state index contributed by atoms with van der Waals surface area (Å²) < 4.78 is 4.73. The number of nitrogens with one attached hydrogen (secondary N) is 1. The van der Waals surface area contributed by atoms with Gasteiger partial charge < -0.3 is 15.0 Å². The minimum Gasteiger partial charge on any atom is -0.469 e. The van der Waals surface area contributed by atoms with Gasteiger partial charge in [0.15, 0.2) is 5.11 Å². The number of esters is 1. The van der Waals surface area contributed by atoms with Crippen LogP contribution >= 0.6 is 23.6 Å². The summed E-state index contributed by atoms with van der Waals surface area (Å²) >= 11 is 7.36. The lowest BCUT2D eigenvalue weighted by Gasteiger charge is -2.26. The van der Waals surface area contributed by atoms with Gasteiger partial charge in [-0.2, -0.15) is 0 Å². The molecule has 0 aliphatic carbocycles. The van der Waals surface area contributed by atoms with E-state index in [0.717, 1.165) is 5.69 Å². The second kappa shape index (κ2) is 7.93. The summed E-state index contributed by atoms with van der Waals surface area (Å²) in [5, 5.41) is 4.12. The number of ether oxygens (including phenoxy) is 1. The molecule has 0 aromatic carbocycles. The minimum absolute atomic E-state index is 0.00452. The molecule has 7 heteroatoms. The molecule has 0 radical (unpaired) electrons. The maximum atomic E-state index is 11.4. The second-order valence-corrected chi connectivity index (χ2v) is 7.65. The van der Waals surface area contributed by atoms with E-state index in [1.807, 2.05) is 18.2 Å². The highest BCUT2D eigenvalue weighted by atomic mass is 32.1. The van der Waals surface area contributed by atoms with Crippen LogP contribution in [-0.2, 0) is 9.53 Å². The molecule has 0 amide bonds. The van der Waals surface area contributed by atoms with Crippen molar-refractivity contribution in [1.82, 2.24) is 15.2 Å². The van der Waals surface area contributed by atoms with E-state index >= 15 is 0 Å². The molecular formula is C18H21N3O2S2. The van der Waals surface area contributed by atoms with Crippen molar-refractivity contribution in [2.24, 2.45) is 0 Å². The summed E-state index contributed by atoms with van der Waals surface area (Å²) in [6, 6.07) is 10.3. The standard InChI is InChI=1S/C18H21N3O2S2/c1-12-8-9-14(25-12)17-16(13-6-3-4-10-19-13)20-18(24)21(17)11-5-7-15(22)23-2/h3-4,6,8-10,16-17H,5,7,11H2,1-2H3,(H,20,24). The Morgan fingerprint density at radius 2 is 2.24 bits per heavy atom. The topological polar surface area (TPSA) is 54.5 Å². The Kier molecular flexibility index (Phi) is 5.65. The average Bonchev–Trinajstić information content (AvgIpc) is 3.19. The monoisotopic (exact) mass is 375 g/mol. The van der Waals surface area contributed by atoms with E-state index in [2.05, 4.69) is 34.3 Å². The number of hydrogen-bond acceptors (Lipinski definition) is 5. The van der Waals surface area contributed by atoms with Crippen LogP contribution in [0.2, 0.25) is 0 Å². The van der Waals surface area contributed by atoms with E-state index in [-0.39, 0.29) is 18.1 Å². The molecule has 1 aliphatic heterocycles. The van der Waals surface area contributed by atoms with E-state index in [1.165, 1.54) is 16.9 Å². The lowest BCUT2D eigenvalue weighted by molar-refractivity contribution is -0.140. The molecule has 0 saturated carbocycles. The minimum atomic E-state index is -0.192. The zero-order chi connectivity index (χ0) is 17.8. The van der Waals surface area contributed by atoms with E-state index in [1.54, 1.807) is 17.5 Å². The molecule has 5 nitrogen and oxygen atoms in total. The van der Waals surface area contributed by atoms with Gasteiger partial charge in [0.05, 0.1) is 24.9 Å². The molecule has 2 aromatic rings. The molecule has 132 valence electrons. The number of hydrogen-bond donors (Lipinski definition) is 1. The quantitative estimate of drug-likeness (QED) is 0.617. The predicted octanol–water partition coefficient (Wildman–Crippen LogP) is 3.38. The smallest absolute Gasteiger partial charge is 0.305 e. The molecule has 1 aliphatic rings. The number of aromatic nitrogens is 1. The molecule has 2 atom stereocenters. The Morgan fingerprint density at radius 3 is 2.88 bits per heavy atom. The maximum Gasteiger partial charge on any atom is 0.305 e. The van der Waals surface area contributed by atoms with Crippen LogP contribution in [0.25, 0.3) is 0 Å². The molecule has 0 spiro atoms. The molecule has 1 saturated heterocycles. The Bertz CT molecular complexity index is 748. The second-order valence-electron chi connectivity index (χ2n) is 5.95. The van der Waals surface area contributed by atoms with Crippen molar-refractivity contribution in [1.29, 1.82) is 0 Å². The first kappa shape index (κ1) is 17.8. The lowest BCUT2D eigenvalue weighted by Crippen LogP contribution is -2.30. The summed E-state index contributed by atoms with van der Waals surface area (Å²) in [5.41, 5.74) is 0.969. The number of pyridine rings is 1. The Morgan fingerprint density at radius 1 is 1.40 bits per heavy atom. The van der Waals surface area contributed by atoms with Crippen LogP contribution in [0.3, 0.4) is 0 Å². The summed E-state index contributed by atoms with van der Waals surface area (Å²) in [5.74, 6) is -0.192. The number of carbonyl (C=O) groups is 1. The van der Waals surface area contributed by atoms with Crippen molar-refractivity contribution in [2.45, 2.75) is 31.8 Å². The number of aryl methyl sites for hydroxylation is 1. The third-order valence-corrected chi connectivity index (χ3v) is 5.68. The van der Waals surface area contributed by atoms with E-state index in [4.69, 9.17) is 17.0 Å². The van der Waals surface area contributed by atoms with Gasteiger partial charge in [-0.15, -0.1) is 11.3 Å². The van der Waals surface area contributed by atoms with Crippen LogP contribution < -0.4 is 5.32 Å². The molecule has 1 N–H and O–H groups in total. The van der Waals surface area contributed by atoms with Gasteiger partial charge in [-0.1, -0.05) is 6.07 Å². The van der Waals surface area contributed by atoms with E-state index in [9.17, 15) is 4.79 Å². The first-order valence-electron chi connectivity index (χ1n) is 8.21. The zero-order valence-electron chi connectivity index (χ0n) is 14.3. The fourth-order valence-electron chi connectivity index (χ4n) is 3.06.